The van der Waals surface area contributed by atoms with Crippen LogP contribution in [0.3, 0.4) is 0 Å². The van der Waals surface area contributed by atoms with Crippen molar-refractivity contribution in [3.8, 4) is 0 Å². The molecule has 0 fully saturated rings. The zero-order valence-corrected chi connectivity index (χ0v) is 23.6. The number of aryl methyl sites for hydroxylation is 1. The molecule has 39 heavy (non-hydrogen) atoms. The number of aromatic nitrogens is 2. The lowest BCUT2D eigenvalue weighted by atomic mass is 10.0. The summed E-state index contributed by atoms with van der Waals surface area (Å²) in [5.41, 5.74) is 6.55. The largest absolute Gasteiger partial charge is 0.366 e. The van der Waals surface area contributed by atoms with Gasteiger partial charge in [-0.15, -0.1) is 9.24 Å². The molecule has 0 saturated carbocycles. The molecule has 2 N–H and O–H groups in total. The lowest BCUT2D eigenvalue weighted by molar-refractivity contribution is 0.0172. The van der Waals surface area contributed by atoms with Gasteiger partial charge in [-0.05, 0) is 54.3 Å². The first-order valence-electron chi connectivity index (χ1n) is 12.6. The molecule has 1 aromatic heterocycles. The van der Waals surface area contributed by atoms with Crippen LogP contribution < -0.4 is 15.9 Å². The van der Waals surface area contributed by atoms with Gasteiger partial charge in [-0.3, -0.25) is 0 Å². The summed E-state index contributed by atoms with van der Waals surface area (Å²) in [6.07, 6.45) is 3.80. The minimum atomic E-state index is -2.97. The van der Waals surface area contributed by atoms with Crippen molar-refractivity contribution in [3.05, 3.63) is 132 Å². The molecule has 0 spiro atoms. The van der Waals surface area contributed by atoms with Crippen molar-refractivity contribution in [3.63, 3.8) is 0 Å². The van der Waals surface area contributed by atoms with Gasteiger partial charge in [-0.1, -0.05) is 73.8 Å². The average molecular weight is 543 g/mol. The van der Waals surface area contributed by atoms with E-state index >= 15 is 0 Å². The standard InChI is InChI=1S/C32H33F2N4P/c1-21-11-6-7-14-27(21)22(2)17-31(38-24(4)30(39)20-36-38)35-19-25-12-10-13-26(18-25)37-23(3)28-15-8-9-16-29(28)32(5,33)34/h6-18,20,35,37H,2-3,19,39H2,1,4-5H3/b31-17-. The number of nitrogens with one attached hydrogen (secondary N) is 2. The number of halogens is 2. The summed E-state index contributed by atoms with van der Waals surface area (Å²) in [7, 11) is 2.70. The molecule has 1 heterocycles. The molecule has 200 valence electrons. The summed E-state index contributed by atoms with van der Waals surface area (Å²) < 4.78 is 30.2. The predicted molar refractivity (Wildman–Crippen MR) is 163 cm³/mol. The van der Waals surface area contributed by atoms with Crippen LogP contribution in [0.2, 0.25) is 0 Å². The monoisotopic (exact) mass is 542 g/mol. The van der Waals surface area contributed by atoms with Crippen LogP contribution in [0.4, 0.5) is 14.5 Å². The summed E-state index contributed by atoms with van der Waals surface area (Å²) in [5, 5.41) is 12.3. The Balaban J connectivity index is 1.56. The van der Waals surface area contributed by atoms with Gasteiger partial charge in [0, 0.05) is 47.0 Å². The number of anilines is 1. The van der Waals surface area contributed by atoms with E-state index in [-0.39, 0.29) is 5.56 Å². The van der Waals surface area contributed by atoms with Gasteiger partial charge >= 0.3 is 0 Å². The zero-order chi connectivity index (χ0) is 28.2. The number of hydrogen-bond acceptors (Lipinski definition) is 3. The van der Waals surface area contributed by atoms with Crippen LogP contribution in [-0.2, 0) is 12.5 Å². The lowest BCUT2D eigenvalue weighted by Crippen LogP contribution is -2.19. The van der Waals surface area contributed by atoms with E-state index in [4.69, 9.17) is 0 Å². The van der Waals surface area contributed by atoms with Gasteiger partial charge in [0.25, 0.3) is 5.92 Å². The normalized spacial score (nSPS) is 11.8. The molecule has 1 unspecified atom stereocenters. The number of allylic oxidation sites excluding steroid dienone is 2. The van der Waals surface area contributed by atoms with Crippen LogP contribution in [0.5, 0.6) is 0 Å². The van der Waals surface area contributed by atoms with Crippen molar-refractivity contribution in [2.45, 2.75) is 33.2 Å². The second-order valence-electron chi connectivity index (χ2n) is 9.56. The molecule has 0 aliphatic heterocycles. The van der Waals surface area contributed by atoms with Crippen LogP contribution in [0.1, 0.15) is 40.4 Å². The Morgan fingerprint density at radius 2 is 1.69 bits per heavy atom. The first-order chi connectivity index (χ1) is 18.5. The van der Waals surface area contributed by atoms with Crippen LogP contribution in [0.25, 0.3) is 17.1 Å². The van der Waals surface area contributed by atoms with Gasteiger partial charge in [0.15, 0.2) is 0 Å². The highest BCUT2D eigenvalue weighted by atomic mass is 31.0. The Bertz CT molecular complexity index is 1550. The smallest absolute Gasteiger partial charge is 0.271 e. The Hall–Kier alpha value is -4.02. The Kier molecular flexibility index (Phi) is 8.47. The third-order valence-corrected chi connectivity index (χ3v) is 7.07. The van der Waals surface area contributed by atoms with E-state index in [0.717, 1.165) is 51.7 Å². The molecule has 0 saturated heterocycles. The number of benzene rings is 3. The molecule has 0 aliphatic carbocycles. The van der Waals surface area contributed by atoms with Crippen molar-refractivity contribution >= 4 is 37.3 Å². The van der Waals surface area contributed by atoms with Crippen molar-refractivity contribution in [1.29, 1.82) is 0 Å². The quantitative estimate of drug-likeness (QED) is 0.161. The van der Waals surface area contributed by atoms with Crippen molar-refractivity contribution in [1.82, 2.24) is 15.1 Å². The van der Waals surface area contributed by atoms with E-state index in [1.807, 2.05) is 54.1 Å². The first-order valence-corrected chi connectivity index (χ1v) is 13.2. The maximum absolute atomic E-state index is 14.1. The van der Waals surface area contributed by atoms with E-state index in [2.05, 4.69) is 57.2 Å². The van der Waals surface area contributed by atoms with Gasteiger partial charge < -0.3 is 10.6 Å². The van der Waals surface area contributed by atoms with Crippen LogP contribution in [0.15, 0.2) is 98.2 Å². The fraction of sp³-hybridized carbons (Fsp3) is 0.156. The minimum Gasteiger partial charge on any atom is -0.366 e. The van der Waals surface area contributed by atoms with Gasteiger partial charge in [-0.2, -0.15) is 5.10 Å². The van der Waals surface area contributed by atoms with Crippen LogP contribution in [-0.4, -0.2) is 9.78 Å². The van der Waals surface area contributed by atoms with Crippen molar-refractivity contribution < 1.29 is 8.78 Å². The van der Waals surface area contributed by atoms with E-state index in [9.17, 15) is 8.78 Å². The van der Waals surface area contributed by atoms with E-state index in [1.165, 1.54) is 6.07 Å². The molecule has 4 nitrogen and oxygen atoms in total. The summed E-state index contributed by atoms with van der Waals surface area (Å²) in [5.74, 6) is -2.18. The number of alkyl halides is 2. The Morgan fingerprint density at radius 1 is 1.00 bits per heavy atom. The third-order valence-electron chi connectivity index (χ3n) is 6.50. The Morgan fingerprint density at radius 3 is 2.36 bits per heavy atom. The fourth-order valence-corrected chi connectivity index (χ4v) is 4.54. The molecular weight excluding hydrogens is 509 g/mol. The predicted octanol–water partition coefficient (Wildman–Crippen LogP) is 7.50. The van der Waals surface area contributed by atoms with E-state index in [0.29, 0.717) is 17.8 Å². The number of rotatable bonds is 10. The summed E-state index contributed by atoms with van der Waals surface area (Å²) in [6, 6.07) is 22.3. The second-order valence-corrected chi connectivity index (χ2v) is 10.2. The number of hydrogen-bond donors (Lipinski definition) is 2. The maximum atomic E-state index is 14.1. The highest BCUT2D eigenvalue weighted by Crippen LogP contribution is 2.33. The molecule has 3 aromatic carbocycles. The molecule has 0 bridgehead atoms. The number of nitrogens with zero attached hydrogens (tertiary/aromatic N) is 2. The summed E-state index contributed by atoms with van der Waals surface area (Å²) in [4.78, 5) is 0. The molecule has 4 aromatic rings. The van der Waals surface area contributed by atoms with Crippen LogP contribution in [0, 0.1) is 13.8 Å². The van der Waals surface area contributed by atoms with Gasteiger partial charge in [0.1, 0.15) is 5.82 Å². The second kappa shape index (κ2) is 11.8. The highest BCUT2D eigenvalue weighted by molar-refractivity contribution is 7.27. The maximum Gasteiger partial charge on any atom is 0.271 e. The molecule has 4 rings (SSSR count). The molecular formula is C32H33F2N4P. The first kappa shape index (κ1) is 28.0. The average Bonchev–Trinajstić information content (AvgIpc) is 3.24. The van der Waals surface area contributed by atoms with Crippen LogP contribution >= 0.6 is 9.24 Å². The van der Waals surface area contributed by atoms with Gasteiger partial charge in [0.2, 0.25) is 0 Å². The summed E-state index contributed by atoms with van der Waals surface area (Å²) >= 11 is 0. The topological polar surface area (TPSA) is 41.9 Å². The van der Waals surface area contributed by atoms with Crippen molar-refractivity contribution in [2.75, 3.05) is 5.32 Å². The van der Waals surface area contributed by atoms with E-state index < -0.39 is 5.92 Å². The lowest BCUT2D eigenvalue weighted by Gasteiger charge is -2.19. The molecule has 0 aliphatic rings. The van der Waals surface area contributed by atoms with Gasteiger partial charge in [-0.25, -0.2) is 13.5 Å². The molecule has 0 radical (unpaired) electrons. The summed E-state index contributed by atoms with van der Waals surface area (Å²) in [6.45, 7) is 13.8. The van der Waals surface area contributed by atoms with Gasteiger partial charge in [0.05, 0.1) is 6.20 Å². The Labute approximate surface area is 231 Å². The SMILES string of the molecule is C=C(/C=C(/NCc1cccc(NC(=C)c2ccccc2C(C)(F)F)c1)n1ncc(P)c1C)c1ccccc1C. The zero-order valence-electron chi connectivity index (χ0n) is 22.4. The van der Waals surface area contributed by atoms with Crippen molar-refractivity contribution in [2.24, 2.45) is 0 Å². The molecule has 1 atom stereocenters. The van der Waals surface area contributed by atoms with E-state index in [1.54, 1.807) is 24.4 Å². The molecule has 7 heteroatoms. The highest BCUT2D eigenvalue weighted by Gasteiger charge is 2.27. The minimum absolute atomic E-state index is 0.0629. The third kappa shape index (κ3) is 6.71. The molecule has 0 amide bonds. The fourth-order valence-electron chi connectivity index (χ4n) is 4.35.